The van der Waals surface area contributed by atoms with Crippen molar-refractivity contribution in [1.29, 1.82) is 0 Å². The molecule has 0 amide bonds. The van der Waals surface area contributed by atoms with Crippen molar-refractivity contribution >= 4 is 42.4 Å². The molecule has 1 aliphatic rings. The van der Waals surface area contributed by atoms with Crippen LogP contribution in [0.3, 0.4) is 0 Å². The summed E-state index contributed by atoms with van der Waals surface area (Å²) in [6.45, 7) is 4.05. The van der Waals surface area contributed by atoms with Gasteiger partial charge in [0.05, 0.1) is 12.8 Å². The number of sulfonamides is 1. The molecule has 0 saturated carbocycles. The van der Waals surface area contributed by atoms with Crippen LogP contribution in [0.1, 0.15) is 5.56 Å². The Morgan fingerprint density at radius 3 is 2.43 bits per heavy atom. The predicted octanol–water partition coefficient (Wildman–Crippen LogP) is 4.40. The lowest BCUT2D eigenvalue weighted by Crippen LogP contribution is -2.48. The number of aromatic nitrogens is 1. The van der Waals surface area contributed by atoms with E-state index in [1.165, 1.54) is 17.0 Å². The van der Waals surface area contributed by atoms with Crippen molar-refractivity contribution in [1.82, 2.24) is 9.29 Å². The molecule has 2 heterocycles. The van der Waals surface area contributed by atoms with Crippen LogP contribution >= 0.6 is 27.3 Å². The first-order valence-corrected chi connectivity index (χ1v) is 12.6. The SMILES string of the molecule is COc1ccc(Br)cc1S(=O)(=O)N1CCN(c2nc(-c3ccc(C)cc3)cs2)CC1. The molecule has 0 unspecified atom stereocenters. The maximum atomic E-state index is 13.2. The lowest BCUT2D eigenvalue weighted by molar-refractivity contribution is 0.374. The van der Waals surface area contributed by atoms with E-state index in [9.17, 15) is 8.42 Å². The summed E-state index contributed by atoms with van der Waals surface area (Å²) >= 11 is 4.94. The average molecular weight is 508 g/mol. The third-order valence-corrected chi connectivity index (χ3v) is 8.41. The highest BCUT2D eigenvalue weighted by atomic mass is 79.9. The molecule has 6 nitrogen and oxygen atoms in total. The zero-order valence-corrected chi connectivity index (χ0v) is 19.9. The van der Waals surface area contributed by atoms with Gasteiger partial charge in [0, 0.05) is 41.6 Å². The molecular formula is C21H22BrN3O3S2. The summed E-state index contributed by atoms with van der Waals surface area (Å²) in [4.78, 5) is 7.10. The fourth-order valence-corrected chi connectivity index (χ4v) is 6.38. The Morgan fingerprint density at radius 2 is 1.77 bits per heavy atom. The number of benzene rings is 2. The van der Waals surface area contributed by atoms with Crippen molar-refractivity contribution < 1.29 is 13.2 Å². The fourth-order valence-electron chi connectivity index (χ4n) is 3.38. The second-order valence-corrected chi connectivity index (χ2v) is 10.7. The number of thiazole rings is 1. The van der Waals surface area contributed by atoms with E-state index in [2.05, 4.69) is 57.4 Å². The minimum absolute atomic E-state index is 0.184. The summed E-state index contributed by atoms with van der Waals surface area (Å²) in [6, 6.07) is 13.3. The van der Waals surface area contributed by atoms with Crippen LogP contribution in [0.15, 0.2) is 57.2 Å². The highest BCUT2D eigenvalue weighted by Crippen LogP contribution is 2.32. The summed E-state index contributed by atoms with van der Waals surface area (Å²) in [5, 5.41) is 2.97. The maximum absolute atomic E-state index is 13.2. The minimum Gasteiger partial charge on any atom is -0.495 e. The van der Waals surface area contributed by atoms with Gasteiger partial charge < -0.3 is 9.64 Å². The van der Waals surface area contributed by atoms with Crippen LogP contribution in [0.25, 0.3) is 11.3 Å². The molecule has 0 atom stereocenters. The highest BCUT2D eigenvalue weighted by Gasteiger charge is 2.31. The van der Waals surface area contributed by atoms with Crippen molar-refractivity contribution in [3.63, 3.8) is 0 Å². The van der Waals surface area contributed by atoms with Crippen molar-refractivity contribution in [2.75, 3.05) is 38.2 Å². The standard InChI is InChI=1S/C21H22BrN3O3S2/c1-15-3-5-16(6-4-15)18-14-29-21(23-18)24-9-11-25(12-10-24)30(26,27)20-13-17(22)7-8-19(20)28-2/h3-8,13-14H,9-12H2,1-2H3. The lowest BCUT2D eigenvalue weighted by atomic mass is 10.1. The first kappa shape index (κ1) is 21.3. The number of hydrogen-bond donors (Lipinski definition) is 0. The average Bonchev–Trinajstić information content (AvgIpc) is 3.24. The molecule has 158 valence electrons. The highest BCUT2D eigenvalue weighted by molar-refractivity contribution is 9.10. The van der Waals surface area contributed by atoms with Gasteiger partial charge in [-0.05, 0) is 25.1 Å². The van der Waals surface area contributed by atoms with Crippen LogP contribution in [0.4, 0.5) is 5.13 Å². The Bertz CT molecular complexity index is 1140. The van der Waals surface area contributed by atoms with Crippen molar-refractivity contribution in [2.45, 2.75) is 11.8 Å². The van der Waals surface area contributed by atoms with Gasteiger partial charge in [-0.15, -0.1) is 11.3 Å². The minimum atomic E-state index is -3.64. The molecule has 1 aliphatic heterocycles. The normalized spacial score (nSPS) is 15.4. The molecule has 0 bridgehead atoms. The smallest absolute Gasteiger partial charge is 0.246 e. The largest absolute Gasteiger partial charge is 0.495 e. The van der Waals surface area contributed by atoms with E-state index >= 15 is 0 Å². The quantitative estimate of drug-likeness (QED) is 0.512. The Labute approximate surface area is 189 Å². The Morgan fingerprint density at radius 1 is 1.07 bits per heavy atom. The fraction of sp³-hybridized carbons (Fsp3) is 0.286. The van der Waals surface area contributed by atoms with Crippen molar-refractivity contribution in [3.8, 4) is 17.0 Å². The van der Waals surface area contributed by atoms with Crippen LogP contribution in [-0.2, 0) is 10.0 Å². The topological polar surface area (TPSA) is 62.7 Å². The number of nitrogens with zero attached hydrogens (tertiary/aromatic N) is 3. The predicted molar refractivity (Wildman–Crippen MR) is 124 cm³/mol. The van der Waals surface area contributed by atoms with Gasteiger partial charge in [-0.1, -0.05) is 45.8 Å². The number of piperazine rings is 1. The molecule has 1 aromatic heterocycles. The second kappa shape index (κ2) is 8.66. The lowest BCUT2D eigenvalue weighted by Gasteiger charge is -2.34. The second-order valence-electron chi connectivity index (χ2n) is 7.07. The third kappa shape index (κ3) is 4.25. The van der Waals surface area contributed by atoms with Gasteiger partial charge in [-0.2, -0.15) is 4.31 Å². The summed E-state index contributed by atoms with van der Waals surface area (Å²) in [7, 11) is -2.16. The third-order valence-electron chi connectivity index (χ3n) is 5.09. The van der Waals surface area contributed by atoms with E-state index in [0.29, 0.717) is 36.4 Å². The van der Waals surface area contributed by atoms with Gasteiger partial charge >= 0.3 is 0 Å². The summed E-state index contributed by atoms with van der Waals surface area (Å²) in [5.41, 5.74) is 3.25. The van der Waals surface area contributed by atoms with Crippen LogP contribution < -0.4 is 9.64 Å². The number of methoxy groups -OCH3 is 1. The first-order chi connectivity index (χ1) is 14.4. The van der Waals surface area contributed by atoms with Gasteiger partial charge in [-0.3, -0.25) is 0 Å². The van der Waals surface area contributed by atoms with Crippen LogP contribution in [0.5, 0.6) is 5.75 Å². The van der Waals surface area contributed by atoms with E-state index in [4.69, 9.17) is 9.72 Å². The molecule has 9 heteroatoms. The first-order valence-electron chi connectivity index (χ1n) is 9.50. The molecule has 4 rings (SSSR count). The molecule has 0 aliphatic carbocycles. The molecule has 1 fully saturated rings. The molecule has 30 heavy (non-hydrogen) atoms. The summed E-state index contributed by atoms with van der Waals surface area (Å²) in [6.07, 6.45) is 0. The zero-order valence-electron chi connectivity index (χ0n) is 16.7. The van der Waals surface area contributed by atoms with Gasteiger partial charge in [0.15, 0.2) is 5.13 Å². The Kier molecular flexibility index (Phi) is 6.15. The van der Waals surface area contributed by atoms with Crippen LogP contribution in [0.2, 0.25) is 0 Å². The van der Waals surface area contributed by atoms with Crippen molar-refractivity contribution in [2.24, 2.45) is 0 Å². The van der Waals surface area contributed by atoms with Crippen molar-refractivity contribution in [3.05, 3.63) is 57.9 Å². The van der Waals surface area contributed by atoms with E-state index in [1.807, 2.05) is 0 Å². The van der Waals surface area contributed by atoms with E-state index in [0.717, 1.165) is 16.4 Å². The van der Waals surface area contributed by atoms with E-state index in [1.54, 1.807) is 29.5 Å². The Hall–Kier alpha value is -1.94. The van der Waals surface area contributed by atoms with Gasteiger partial charge in [-0.25, -0.2) is 13.4 Å². The summed E-state index contributed by atoms with van der Waals surface area (Å²) in [5.74, 6) is 0.350. The van der Waals surface area contributed by atoms with Gasteiger partial charge in [0.1, 0.15) is 10.6 Å². The molecule has 1 saturated heterocycles. The van der Waals surface area contributed by atoms with Gasteiger partial charge in [0.2, 0.25) is 10.0 Å². The molecule has 0 spiro atoms. The molecule has 2 aromatic carbocycles. The zero-order chi connectivity index (χ0) is 21.3. The van der Waals surface area contributed by atoms with Crippen LogP contribution in [-0.4, -0.2) is 51.0 Å². The van der Waals surface area contributed by atoms with E-state index in [-0.39, 0.29) is 4.90 Å². The summed E-state index contributed by atoms with van der Waals surface area (Å²) < 4.78 is 33.8. The maximum Gasteiger partial charge on any atom is 0.246 e. The number of halogens is 1. The monoisotopic (exact) mass is 507 g/mol. The van der Waals surface area contributed by atoms with Gasteiger partial charge in [0.25, 0.3) is 0 Å². The molecule has 0 N–H and O–H groups in total. The number of rotatable bonds is 5. The molecule has 0 radical (unpaired) electrons. The number of anilines is 1. The molecular weight excluding hydrogens is 486 g/mol. The Balaban J connectivity index is 1.48. The molecule has 3 aromatic rings. The van der Waals surface area contributed by atoms with E-state index < -0.39 is 10.0 Å². The van der Waals surface area contributed by atoms with Crippen LogP contribution in [0, 0.1) is 6.92 Å². The number of hydrogen-bond acceptors (Lipinski definition) is 6. The number of aryl methyl sites for hydroxylation is 1. The number of ether oxygens (including phenoxy) is 1.